The van der Waals surface area contributed by atoms with Gasteiger partial charge < -0.3 is 9.15 Å². The molecular formula is C23H22O4. The molecule has 0 saturated heterocycles. The first-order valence-corrected chi connectivity index (χ1v) is 9.47. The normalized spacial score (nSPS) is 15.0. The maximum atomic E-state index is 12.5. The van der Waals surface area contributed by atoms with E-state index in [-0.39, 0.29) is 17.7 Å². The molecule has 1 fully saturated rings. The summed E-state index contributed by atoms with van der Waals surface area (Å²) in [4.78, 5) is 24.9. The van der Waals surface area contributed by atoms with Gasteiger partial charge in [0, 0.05) is 5.39 Å². The van der Waals surface area contributed by atoms with Crippen LogP contribution in [0.15, 0.2) is 57.7 Å². The molecule has 0 atom stereocenters. The van der Waals surface area contributed by atoms with E-state index in [0.29, 0.717) is 16.7 Å². The number of carbonyl (C=O) groups is 1. The van der Waals surface area contributed by atoms with E-state index >= 15 is 0 Å². The Morgan fingerprint density at radius 1 is 1.00 bits per heavy atom. The molecule has 0 N–H and O–H groups in total. The summed E-state index contributed by atoms with van der Waals surface area (Å²) in [6.07, 6.45) is 5.37. The fourth-order valence-corrected chi connectivity index (χ4v) is 3.74. The van der Waals surface area contributed by atoms with Gasteiger partial charge in [-0.05, 0) is 68.0 Å². The molecule has 2 aromatic carbocycles. The van der Waals surface area contributed by atoms with Gasteiger partial charge in [0.15, 0.2) is 0 Å². The highest BCUT2D eigenvalue weighted by Crippen LogP contribution is 2.26. The van der Waals surface area contributed by atoms with E-state index in [1.165, 1.54) is 6.42 Å². The van der Waals surface area contributed by atoms with Crippen LogP contribution in [0.4, 0.5) is 0 Å². The molecule has 27 heavy (non-hydrogen) atoms. The predicted molar refractivity (Wildman–Crippen MR) is 105 cm³/mol. The summed E-state index contributed by atoms with van der Waals surface area (Å²) in [5.74, 6) is -0.290. The van der Waals surface area contributed by atoms with Gasteiger partial charge >= 0.3 is 11.6 Å². The lowest BCUT2D eigenvalue weighted by molar-refractivity contribution is 0.0211. The molecule has 3 aromatic rings. The maximum Gasteiger partial charge on any atom is 0.344 e. The zero-order chi connectivity index (χ0) is 18.8. The summed E-state index contributed by atoms with van der Waals surface area (Å²) in [5.41, 5.74) is 2.82. The second-order valence-electron chi connectivity index (χ2n) is 7.18. The van der Waals surface area contributed by atoms with Crippen molar-refractivity contribution in [3.8, 4) is 11.1 Å². The molecule has 0 aliphatic heterocycles. The van der Waals surface area contributed by atoms with Crippen LogP contribution in [0, 0.1) is 6.92 Å². The van der Waals surface area contributed by atoms with Crippen LogP contribution >= 0.6 is 0 Å². The van der Waals surface area contributed by atoms with E-state index in [0.717, 1.165) is 42.2 Å². The first kappa shape index (κ1) is 17.5. The van der Waals surface area contributed by atoms with Crippen LogP contribution in [0.1, 0.15) is 48.0 Å². The van der Waals surface area contributed by atoms with Gasteiger partial charge in [0.05, 0.1) is 11.1 Å². The lowest BCUT2D eigenvalue weighted by Crippen LogP contribution is -2.21. The van der Waals surface area contributed by atoms with Gasteiger partial charge in [0.25, 0.3) is 0 Å². The second kappa shape index (κ2) is 7.39. The Labute approximate surface area is 157 Å². The molecule has 138 valence electrons. The van der Waals surface area contributed by atoms with E-state index in [1.54, 1.807) is 24.3 Å². The van der Waals surface area contributed by atoms with Crippen molar-refractivity contribution in [3.05, 3.63) is 70.1 Å². The van der Waals surface area contributed by atoms with Crippen LogP contribution in [-0.2, 0) is 4.74 Å². The molecule has 0 radical (unpaired) electrons. The minimum absolute atomic E-state index is 0.0266. The Hall–Kier alpha value is -2.88. The minimum atomic E-state index is -0.380. The summed E-state index contributed by atoms with van der Waals surface area (Å²) in [6, 6.07) is 14.6. The quantitative estimate of drug-likeness (QED) is 0.471. The molecule has 4 rings (SSSR count). The molecule has 1 heterocycles. The first-order valence-electron chi connectivity index (χ1n) is 9.47. The van der Waals surface area contributed by atoms with Crippen LogP contribution in [0.25, 0.3) is 22.1 Å². The Morgan fingerprint density at radius 2 is 1.78 bits per heavy atom. The van der Waals surface area contributed by atoms with E-state index < -0.39 is 0 Å². The van der Waals surface area contributed by atoms with Crippen molar-refractivity contribution in [2.45, 2.75) is 45.1 Å². The molecule has 1 aromatic heterocycles. The second-order valence-corrected chi connectivity index (χ2v) is 7.18. The highest BCUT2D eigenvalue weighted by Gasteiger charge is 2.19. The molecule has 1 saturated carbocycles. The smallest absolute Gasteiger partial charge is 0.344 e. The summed E-state index contributed by atoms with van der Waals surface area (Å²) in [6.45, 7) is 1.89. The number of benzene rings is 2. The molecule has 4 nitrogen and oxygen atoms in total. The van der Waals surface area contributed by atoms with Crippen molar-refractivity contribution < 1.29 is 13.9 Å². The third-order valence-electron chi connectivity index (χ3n) is 5.22. The zero-order valence-electron chi connectivity index (χ0n) is 15.4. The summed E-state index contributed by atoms with van der Waals surface area (Å²) in [5, 5.41) is 0.868. The number of fused-ring (bicyclic) bond motifs is 1. The number of aryl methyl sites for hydroxylation is 1. The fraction of sp³-hybridized carbons (Fsp3) is 0.304. The van der Waals surface area contributed by atoms with E-state index in [2.05, 4.69) is 0 Å². The number of hydrogen-bond acceptors (Lipinski definition) is 4. The van der Waals surface area contributed by atoms with Gasteiger partial charge in [-0.2, -0.15) is 0 Å². The highest BCUT2D eigenvalue weighted by atomic mass is 16.5. The van der Waals surface area contributed by atoms with Gasteiger partial charge in [-0.3, -0.25) is 0 Å². The van der Waals surface area contributed by atoms with Crippen molar-refractivity contribution in [2.24, 2.45) is 0 Å². The van der Waals surface area contributed by atoms with E-state index in [1.807, 2.05) is 31.2 Å². The molecule has 0 unspecified atom stereocenters. The van der Waals surface area contributed by atoms with Crippen molar-refractivity contribution >= 4 is 16.9 Å². The zero-order valence-corrected chi connectivity index (χ0v) is 15.4. The largest absolute Gasteiger partial charge is 0.459 e. The van der Waals surface area contributed by atoms with Gasteiger partial charge in [-0.15, -0.1) is 0 Å². The Morgan fingerprint density at radius 3 is 2.56 bits per heavy atom. The Bertz CT molecular complexity index is 1040. The number of carbonyl (C=O) groups excluding carboxylic acids is 1. The Kier molecular flexibility index (Phi) is 4.80. The molecule has 0 spiro atoms. The van der Waals surface area contributed by atoms with Crippen LogP contribution in [-0.4, -0.2) is 12.1 Å². The topological polar surface area (TPSA) is 56.5 Å². The molecule has 4 heteroatoms. The maximum absolute atomic E-state index is 12.5. The van der Waals surface area contributed by atoms with Gasteiger partial charge in [-0.1, -0.05) is 30.7 Å². The highest BCUT2D eigenvalue weighted by molar-refractivity contribution is 5.91. The summed E-state index contributed by atoms with van der Waals surface area (Å²) >= 11 is 0. The van der Waals surface area contributed by atoms with Crippen LogP contribution in [0.2, 0.25) is 0 Å². The third-order valence-corrected chi connectivity index (χ3v) is 5.22. The number of rotatable bonds is 3. The number of para-hydroxylation sites is 1. The SMILES string of the molecule is Cc1cc(C(=O)OC2CCCCC2)ccc1-c1cc2ccccc2oc1=O. The van der Waals surface area contributed by atoms with E-state index in [9.17, 15) is 9.59 Å². The number of ether oxygens (including phenoxy) is 1. The van der Waals surface area contributed by atoms with Crippen molar-refractivity contribution in [1.82, 2.24) is 0 Å². The van der Waals surface area contributed by atoms with Crippen molar-refractivity contribution in [3.63, 3.8) is 0 Å². The average Bonchev–Trinajstić information content (AvgIpc) is 2.68. The standard InChI is InChI=1S/C23H22O4/c1-15-13-17(22(24)26-18-8-3-2-4-9-18)11-12-19(15)20-14-16-7-5-6-10-21(16)27-23(20)25/h5-7,10-14,18H,2-4,8-9H2,1H3. The first-order chi connectivity index (χ1) is 13.1. The number of esters is 1. The monoisotopic (exact) mass is 362 g/mol. The van der Waals surface area contributed by atoms with Gasteiger partial charge in [-0.25, -0.2) is 9.59 Å². The van der Waals surface area contributed by atoms with E-state index in [4.69, 9.17) is 9.15 Å². The molecular weight excluding hydrogens is 340 g/mol. The molecule has 0 bridgehead atoms. The predicted octanol–water partition coefficient (Wildman–Crippen LogP) is 5.26. The lowest BCUT2D eigenvalue weighted by atomic mass is 9.97. The molecule has 0 amide bonds. The van der Waals surface area contributed by atoms with Crippen LogP contribution < -0.4 is 5.63 Å². The summed E-state index contributed by atoms with van der Waals surface area (Å²) in [7, 11) is 0. The van der Waals surface area contributed by atoms with Crippen molar-refractivity contribution in [1.29, 1.82) is 0 Å². The van der Waals surface area contributed by atoms with Crippen molar-refractivity contribution in [2.75, 3.05) is 0 Å². The van der Waals surface area contributed by atoms with Crippen LogP contribution in [0.5, 0.6) is 0 Å². The minimum Gasteiger partial charge on any atom is -0.459 e. The van der Waals surface area contributed by atoms with Gasteiger partial charge in [0.2, 0.25) is 0 Å². The number of hydrogen-bond donors (Lipinski definition) is 0. The summed E-state index contributed by atoms with van der Waals surface area (Å²) < 4.78 is 11.1. The fourth-order valence-electron chi connectivity index (χ4n) is 3.74. The molecule has 1 aliphatic carbocycles. The van der Waals surface area contributed by atoms with Crippen LogP contribution in [0.3, 0.4) is 0 Å². The lowest BCUT2D eigenvalue weighted by Gasteiger charge is -2.22. The van der Waals surface area contributed by atoms with Gasteiger partial charge in [0.1, 0.15) is 11.7 Å². The third kappa shape index (κ3) is 3.65. The Balaban J connectivity index is 1.63. The molecule has 1 aliphatic rings. The average molecular weight is 362 g/mol.